The summed E-state index contributed by atoms with van der Waals surface area (Å²) in [5.41, 5.74) is 4.71. The van der Waals surface area contributed by atoms with E-state index in [0.717, 1.165) is 10.6 Å². The van der Waals surface area contributed by atoms with Crippen molar-refractivity contribution < 1.29 is 28.9 Å². The molecule has 22 heavy (non-hydrogen) atoms. The number of rotatable bonds is 8. The molecule has 0 aliphatic rings. The highest BCUT2D eigenvalue weighted by molar-refractivity contribution is 7.55. The Morgan fingerprint density at radius 3 is 2.73 bits per heavy atom. The van der Waals surface area contributed by atoms with Gasteiger partial charge in [0.25, 0.3) is 0 Å². The van der Waals surface area contributed by atoms with Gasteiger partial charge < -0.3 is 30.1 Å². The summed E-state index contributed by atoms with van der Waals surface area (Å²) in [5.74, 6) is 0.652. The molecule has 0 aliphatic carbocycles. The Hall–Kier alpha value is -1.55. The van der Waals surface area contributed by atoms with Crippen LogP contribution in [0.1, 0.15) is 6.23 Å². The molecule has 2 atom stereocenters. The minimum absolute atomic E-state index is 0.0394. The van der Waals surface area contributed by atoms with Crippen LogP contribution in [-0.4, -0.2) is 50.9 Å². The maximum Gasteiger partial charge on any atom is 0.351 e. The van der Waals surface area contributed by atoms with E-state index in [1.807, 2.05) is 0 Å². The summed E-state index contributed by atoms with van der Waals surface area (Å²) in [7, 11) is -3.00. The van der Waals surface area contributed by atoms with Crippen LogP contribution < -0.4 is 11.4 Å². The number of nitrogens with two attached hydrogens (primary N) is 1. The van der Waals surface area contributed by atoms with Crippen molar-refractivity contribution in [2.24, 2.45) is 0 Å². The second kappa shape index (κ2) is 8.18. The van der Waals surface area contributed by atoms with Gasteiger partial charge in [0.2, 0.25) is 0 Å². The van der Waals surface area contributed by atoms with Crippen LogP contribution in [0.5, 0.6) is 0 Å². The highest BCUT2D eigenvalue weighted by Gasteiger charge is 2.19. The van der Waals surface area contributed by atoms with Crippen molar-refractivity contribution in [3.05, 3.63) is 34.6 Å². The second-order valence-electron chi connectivity index (χ2n) is 4.24. The SMILES string of the molecule is COCC(O[C@H](/C=C/P(=O)(O)O)CO)n1ccc(N)nc1=O. The van der Waals surface area contributed by atoms with Crippen molar-refractivity contribution in [2.75, 3.05) is 26.1 Å². The average molecular weight is 335 g/mol. The van der Waals surface area contributed by atoms with E-state index in [1.54, 1.807) is 0 Å². The molecule has 1 aromatic heterocycles. The van der Waals surface area contributed by atoms with Gasteiger partial charge in [-0.15, -0.1) is 0 Å². The highest BCUT2D eigenvalue weighted by Crippen LogP contribution is 2.36. The van der Waals surface area contributed by atoms with Crippen LogP contribution in [0.3, 0.4) is 0 Å². The minimum Gasteiger partial charge on any atom is -0.393 e. The normalized spacial score (nSPS) is 15.1. The van der Waals surface area contributed by atoms with E-state index in [2.05, 4.69) is 4.98 Å². The maximum atomic E-state index is 11.8. The molecular weight excluding hydrogens is 317 g/mol. The lowest BCUT2D eigenvalue weighted by atomic mass is 10.3. The average Bonchev–Trinajstić information content (AvgIpc) is 2.41. The van der Waals surface area contributed by atoms with Gasteiger partial charge in [-0.3, -0.25) is 9.13 Å². The molecule has 0 saturated heterocycles. The highest BCUT2D eigenvalue weighted by atomic mass is 31.2. The molecule has 0 fully saturated rings. The lowest BCUT2D eigenvalue weighted by Gasteiger charge is -2.23. The molecule has 0 radical (unpaired) electrons. The Kier molecular flexibility index (Phi) is 6.88. The van der Waals surface area contributed by atoms with Crippen molar-refractivity contribution in [1.82, 2.24) is 9.55 Å². The Balaban J connectivity index is 2.97. The fourth-order valence-corrected chi connectivity index (χ4v) is 1.95. The van der Waals surface area contributed by atoms with Crippen molar-refractivity contribution >= 4 is 13.4 Å². The quantitative estimate of drug-likeness (QED) is 0.439. The molecule has 1 aromatic rings. The summed E-state index contributed by atoms with van der Waals surface area (Å²) in [5, 5.41) is 9.21. The molecule has 11 heteroatoms. The Morgan fingerprint density at radius 2 is 2.23 bits per heavy atom. The van der Waals surface area contributed by atoms with Gasteiger partial charge in [0.15, 0.2) is 6.23 Å². The standard InChI is InChI=1S/C11H18N3O7P/c1-20-7-10(14-4-2-9(12)13-11(14)16)21-8(6-15)3-5-22(17,18)19/h2-5,8,10,15H,6-7H2,1H3,(H2,12,13,16)(H2,17,18,19)/b5-3+/t8-,10?/m1/s1. The fraction of sp³-hybridized carbons (Fsp3) is 0.455. The number of methoxy groups -OCH3 is 1. The number of aromatic nitrogens is 2. The van der Waals surface area contributed by atoms with E-state index in [9.17, 15) is 14.5 Å². The van der Waals surface area contributed by atoms with Gasteiger partial charge in [0, 0.05) is 19.1 Å². The summed E-state index contributed by atoms with van der Waals surface area (Å²) in [6.45, 7) is -0.598. The lowest BCUT2D eigenvalue weighted by molar-refractivity contribution is -0.0873. The predicted molar refractivity (Wildman–Crippen MR) is 77.0 cm³/mol. The number of aliphatic hydroxyl groups excluding tert-OH is 1. The van der Waals surface area contributed by atoms with Gasteiger partial charge >= 0.3 is 13.3 Å². The molecule has 0 aromatic carbocycles. The van der Waals surface area contributed by atoms with Crippen LogP contribution in [-0.2, 0) is 14.0 Å². The van der Waals surface area contributed by atoms with Crippen LogP contribution in [0.25, 0.3) is 0 Å². The van der Waals surface area contributed by atoms with E-state index in [4.69, 9.17) is 25.0 Å². The van der Waals surface area contributed by atoms with Crippen molar-refractivity contribution in [2.45, 2.75) is 12.3 Å². The molecule has 1 heterocycles. The van der Waals surface area contributed by atoms with Crippen LogP contribution in [0, 0.1) is 0 Å². The monoisotopic (exact) mass is 335 g/mol. The Bertz CT molecular complexity index is 612. The number of ether oxygens (including phenoxy) is 2. The van der Waals surface area contributed by atoms with E-state index in [1.165, 1.54) is 19.4 Å². The molecule has 0 bridgehead atoms. The summed E-state index contributed by atoms with van der Waals surface area (Å²) in [6.07, 6.45) is 0.357. The van der Waals surface area contributed by atoms with Gasteiger partial charge in [-0.25, -0.2) is 4.79 Å². The van der Waals surface area contributed by atoms with Crippen LogP contribution >= 0.6 is 7.60 Å². The number of hydrogen-bond acceptors (Lipinski definition) is 7. The van der Waals surface area contributed by atoms with Crippen molar-refractivity contribution in [3.8, 4) is 0 Å². The lowest BCUT2D eigenvalue weighted by Crippen LogP contribution is -2.33. The van der Waals surface area contributed by atoms with Crippen LogP contribution in [0.4, 0.5) is 5.82 Å². The summed E-state index contributed by atoms with van der Waals surface area (Å²) < 4.78 is 22.2. The van der Waals surface area contributed by atoms with Gasteiger partial charge in [-0.1, -0.05) is 0 Å². The second-order valence-corrected chi connectivity index (χ2v) is 5.72. The number of nitrogens with zero attached hydrogens (tertiary/aromatic N) is 2. The van der Waals surface area contributed by atoms with Gasteiger partial charge in [0.1, 0.15) is 11.9 Å². The smallest absolute Gasteiger partial charge is 0.351 e. The summed E-state index contributed by atoms with van der Waals surface area (Å²) in [4.78, 5) is 32.9. The summed E-state index contributed by atoms with van der Waals surface area (Å²) in [6, 6.07) is 1.38. The first-order valence-electron chi connectivity index (χ1n) is 6.11. The molecule has 0 aliphatic heterocycles. The van der Waals surface area contributed by atoms with E-state index >= 15 is 0 Å². The zero-order valence-electron chi connectivity index (χ0n) is 11.8. The molecule has 1 rings (SSSR count). The first-order chi connectivity index (χ1) is 10.3. The zero-order valence-corrected chi connectivity index (χ0v) is 12.7. The van der Waals surface area contributed by atoms with E-state index in [0.29, 0.717) is 5.82 Å². The van der Waals surface area contributed by atoms with Crippen molar-refractivity contribution in [1.29, 1.82) is 0 Å². The third-order valence-electron chi connectivity index (χ3n) is 2.48. The van der Waals surface area contributed by atoms with Crippen LogP contribution in [0.15, 0.2) is 29.0 Å². The van der Waals surface area contributed by atoms with Gasteiger partial charge in [-0.05, 0) is 12.1 Å². The van der Waals surface area contributed by atoms with Crippen LogP contribution in [0.2, 0.25) is 0 Å². The number of anilines is 1. The Morgan fingerprint density at radius 1 is 1.55 bits per heavy atom. The fourth-order valence-electron chi connectivity index (χ4n) is 1.53. The summed E-state index contributed by atoms with van der Waals surface area (Å²) >= 11 is 0. The molecule has 5 N–H and O–H groups in total. The number of nitrogen functional groups attached to an aromatic ring is 1. The molecule has 1 unspecified atom stereocenters. The van der Waals surface area contributed by atoms with Gasteiger partial charge in [-0.2, -0.15) is 4.98 Å². The first-order valence-corrected chi connectivity index (χ1v) is 7.79. The van der Waals surface area contributed by atoms with E-state index in [-0.39, 0.29) is 12.4 Å². The largest absolute Gasteiger partial charge is 0.393 e. The molecule has 124 valence electrons. The topological polar surface area (TPSA) is 157 Å². The number of aliphatic hydroxyl groups is 1. The maximum absolute atomic E-state index is 11.8. The molecule has 10 nitrogen and oxygen atoms in total. The van der Waals surface area contributed by atoms with E-state index < -0.39 is 32.2 Å². The molecule has 0 amide bonds. The molecule has 0 saturated carbocycles. The minimum atomic E-state index is -4.38. The van der Waals surface area contributed by atoms with Crippen molar-refractivity contribution in [3.63, 3.8) is 0 Å². The third kappa shape index (κ3) is 6.06. The number of hydrogen-bond donors (Lipinski definition) is 4. The first kappa shape index (κ1) is 18.5. The zero-order chi connectivity index (χ0) is 16.8. The molecular formula is C11H18N3O7P. The third-order valence-corrected chi connectivity index (χ3v) is 3.04. The molecule has 0 spiro atoms. The Labute approximate surface area is 126 Å². The predicted octanol–water partition coefficient (Wildman–Crippen LogP) is -0.961. The van der Waals surface area contributed by atoms with Gasteiger partial charge in [0.05, 0.1) is 13.2 Å².